The average Bonchev–Trinajstić information content (AvgIpc) is 3.53. The maximum atomic E-state index is 2.45. The minimum Gasteiger partial charge on any atom is -1.00 e. The first-order valence-electron chi connectivity index (χ1n) is 10.6. The van der Waals surface area contributed by atoms with Gasteiger partial charge in [-0.15, -0.1) is 0 Å². The predicted octanol–water partition coefficient (Wildman–Crippen LogP) is 0.605. The van der Waals surface area contributed by atoms with Crippen LogP contribution < -0.4 is 24.8 Å². The fourth-order valence-corrected chi connectivity index (χ4v) is 8.88. The van der Waals surface area contributed by atoms with Crippen LogP contribution in [0.15, 0.2) is 91.5 Å². The van der Waals surface area contributed by atoms with Gasteiger partial charge in [0.2, 0.25) is 0 Å². The minimum absolute atomic E-state index is 0. The molecule has 0 nitrogen and oxygen atoms in total. The van der Waals surface area contributed by atoms with Crippen LogP contribution in [-0.2, 0) is 23.2 Å². The van der Waals surface area contributed by atoms with Crippen molar-refractivity contribution in [2.45, 2.75) is 37.8 Å². The molecule has 1 aliphatic heterocycles. The molecule has 154 valence electrons. The molecule has 1 saturated heterocycles. The van der Waals surface area contributed by atoms with Crippen LogP contribution in [0.1, 0.15) is 36.8 Å². The molecule has 1 fully saturated rings. The maximum absolute atomic E-state index is 2.45. The molecule has 2 aliphatic carbocycles. The van der Waals surface area contributed by atoms with Crippen molar-refractivity contribution in [2.75, 3.05) is 0 Å². The van der Waals surface area contributed by atoms with Crippen LogP contribution >= 0.6 is 0 Å². The van der Waals surface area contributed by atoms with Crippen molar-refractivity contribution in [1.82, 2.24) is 0 Å². The Morgan fingerprint density at radius 3 is 1.40 bits per heavy atom. The van der Waals surface area contributed by atoms with E-state index < -0.39 is 23.2 Å². The molecule has 2 aromatic rings. The summed E-state index contributed by atoms with van der Waals surface area (Å²) in [5.74, 6) is 0. The van der Waals surface area contributed by atoms with E-state index >= 15 is 0 Å². The smallest absolute Gasteiger partial charge is 0.0197 e. The first-order chi connectivity index (χ1) is 13.9. The Morgan fingerprint density at radius 2 is 1.03 bits per heavy atom. The van der Waals surface area contributed by atoms with Gasteiger partial charge in [0, 0.05) is 9.52 Å². The van der Waals surface area contributed by atoms with E-state index in [-0.39, 0.29) is 24.8 Å². The molecule has 5 rings (SSSR count). The summed E-state index contributed by atoms with van der Waals surface area (Å²) in [4.78, 5) is 0. The fourth-order valence-electron chi connectivity index (χ4n) is 3.98. The zero-order valence-electron chi connectivity index (χ0n) is 17.3. The van der Waals surface area contributed by atoms with Crippen molar-refractivity contribution >= 4 is 20.7 Å². The standard InChI is InChI=1S/2C11H9.C4H10Si.2ClH.Zr/c2*1-2-6-10(7-3-1)11-8-4-5-9-11;1-2-4-5-3-1;;;/h2*1-3,6-9H,4H2;1-5H2;2*1H;/q;;;;;+2/p-2. The Labute approximate surface area is 207 Å². The Bertz CT molecular complexity index is 831. The molecule has 0 spiro atoms. The summed E-state index contributed by atoms with van der Waals surface area (Å²) in [7, 11) is 0.543. The van der Waals surface area contributed by atoms with Crippen LogP contribution in [0.4, 0.5) is 0 Å². The molecular weight excluding hydrogens is 503 g/mol. The predicted molar refractivity (Wildman–Crippen MR) is 122 cm³/mol. The van der Waals surface area contributed by atoms with Crippen molar-refractivity contribution < 1.29 is 48.0 Å². The molecule has 0 radical (unpaired) electrons. The second-order valence-electron chi connectivity index (χ2n) is 7.69. The molecule has 30 heavy (non-hydrogen) atoms. The summed E-state index contributed by atoms with van der Waals surface area (Å²) in [6, 6.07) is 24.8. The van der Waals surface area contributed by atoms with Crippen molar-refractivity contribution in [3.8, 4) is 0 Å². The van der Waals surface area contributed by atoms with Gasteiger partial charge < -0.3 is 24.8 Å². The second kappa shape index (κ2) is 13.5. The number of hydrogen-bond donors (Lipinski definition) is 0. The fraction of sp³-hybridized carbons (Fsp3) is 0.231. The Kier molecular flexibility index (Phi) is 11.4. The number of benzene rings is 2. The first-order valence-corrected chi connectivity index (χ1v) is 15.0. The van der Waals surface area contributed by atoms with Crippen LogP contribution in [0.5, 0.6) is 0 Å². The van der Waals surface area contributed by atoms with Gasteiger partial charge in [0.05, 0.1) is 0 Å². The third-order valence-electron chi connectivity index (χ3n) is 5.53. The Balaban J connectivity index is 0.000000404. The largest absolute Gasteiger partial charge is 1.00 e. The van der Waals surface area contributed by atoms with Crippen molar-refractivity contribution in [1.29, 1.82) is 0 Å². The third-order valence-corrected chi connectivity index (χ3v) is 10.8. The van der Waals surface area contributed by atoms with Crippen LogP contribution in [0, 0.1) is 0 Å². The molecule has 0 amide bonds. The molecule has 0 atom stereocenters. The van der Waals surface area contributed by atoms with Gasteiger partial charge in [-0.3, -0.25) is 0 Å². The number of halogens is 2. The molecular formula is C26H28Cl2SiZr. The molecule has 0 N–H and O–H groups in total. The molecule has 1 heterocycles. The van der Waals surface area contributed by atoms with Gasteiger partial charge in [0.25, 0.3) is 0 Å². The molecule has 2 aromatic carbocycles. The van der Waals surface area contributed by atoms with Crippen molar-refractivity contribution in [3.05, 3.63) is 103 Å². The van der Waals surface area contributed by atoms with E-state index in [1.54, 1.807) is 31.5 Å². The number of hydrogen-bond acceptors (Lipinski definition) is 0. The zero-order chi connectivity index (χ0) is 19.0. The Morgan fingerprint density at radius 1 is 0.600 bits per heavy atom. The quantitative estimate of drug-likeness (QED) is 0.509. The molecule has 0 bridgehead atoms. The number of allylic oxidation sites excluding steroid dienone is 8. The SMILES string of the molecule is C1=[C]([Zr+2][C]2=CC(c3ccccc3)=CC2)CC=C1c1ccccc1.C1CC[SiH2]C1.[Cl-].[Cl-]. The molecule has 3 aliphatic rings. The minimum atomic E-state index is -0.602. The van der Waals surface area contributed by atoms with Crippen LogP contribution in [0.25, 0.3) is 11.1 Å². The zero-order valence-corrected chi connectivity index (χ0v) is 22.7. The normalized spacial score (nSPS) is 16.5. The Hall–Kier alpha value is -0.920. The van der Waals surface area contributed by atoms with Crippen LogP contribution in [0.3, 0.4) is 0 Å². The molecule has 4 heteroatoms. The summed E-state index contributed by atoms with van der Waals surface area (Å²) in [5, 5.41) is 0. The maximum Gasteiger partial charge on any atom is 0.0197 e. The van der Waals surface area contributed by atoms with E-state index in [2.05, 4.69) is 85.0 Å². The van der Waals surface area contributed by atoms with Gasteiger partial charge in [0.15, 0.2) is 0 Å². The van der Waals surface area contributed by atoms with Crippen molar-refractivity contribution in [3.63, 3.8) is 0 Å². The molecule has 0 aromatic heterocycles. The van der Waals surface area contributed by atoms with E-state index in [0.717, 1.165) is 12.8 Å². The molecule has 0 unspecified atom stereocenters. The van der Waals surface area contributed by atoms with Crippen LogP contribution in [-0.4, -0.2) is 9.52 Å². The van der Waals surface area contributed by atoms with E-state index in [0.29, 0.717) is 9.52 Å². The third kappa shape index (κ3) is 7.34. The second-order valence-corrected chi connectivity index (χ2v) is 13.6. The summed E-state index contributed by atoms with van der Waals surface area (Å²) in [5.41, 5.74) is 5.53. The number of rotatable bonds is 4. The first kappa shape index (κ1) is 25.3. The van der Waals surface area contributed by atoms with E-state index in [1.807, 2.05) is 0 Å². The van der Waals surface area contributed by atoms with Gasteiger partial charge in [-0.05, 0) is 0 Å². The van der Waals surface area contributed by atoms with Gasteiger partial charge in [-0.2, -0.15) is 0 Å². The topological polar surface area (TPSA) is 0 Å². The summed E-state index contributed by atoms with van der Waals surface area (Å²) in [6.45, 7) is 0. The summed E-state index contributed by atoms with van der Waals surface area (Å²) >= 11 is -0.602. The average molecular weight is 531 g/mol. The summed E-state index contributed by atoms with van der Waals surface area (Å²) in [6.07, 6.45) is 15.1. The van der Waals surface area contributed by atoms with Crippen LogP contribution in [0.2, 0.25) is 12.1 Å². The van der Waals surface area contributed by atoms with Gasteiger partial charge in [-0.1, -0.05) is 24.9 Å². The summed E-state index contributed by atoms with van der Waals surface area (Å²) < 4.78 is 3.39. The molecule has 0 saturated carbocycles. The van der Waals surface area contributed by atoms with E-state index in [1.165, 1.54) is 22.3 Å². The van der Waals surface area contributed by atoms with E-state index in [4.69, 9.17) is 0 Å². The van der Waals surface area contributed by atoms with Crippen molar-refractivity contribution in [2.24, 2.45) is 0 Å². The van der Waals surface area contributed by atoms with Gasteiger partial charge >= 0.3 is 150 Å². The van der Waals surface area contributed by atoms with E-state index in [9.17, 15) is 0 Å². The monoisotopic (exact) mass is 528 g/mol. The van der Waals surface area contributed by atoms with Gasteiger partial charge in [-0.25, -0.2) is 0 Å². The van der Waals surface area contributed by atoms with Gasteiger partial charge in [0.1, 0.15) is 0 Å².